The molecule has 3 heteroatoms. The van der Waals surface area contributed by atoms with Crippen LogP contribution in [0.15, 0.2) is 23.1 Å². The summed E-state index contributed by atoms with van der Waals surface area (Å²) in [6, 6.07) is 6.20. The normalized spacial score (nSPS) is 11.7. The fourth-order valence-electron chi connectivity index (χ4n) is 1.24. The van der Waals surface area contributed by atoms with E-state index >= 15 is 0 Å². The largest absolute Gasteiger partial charge is 0.398 e. The highest BCUT2D eigenvalue weighted by atomic mass is 32.2. The Morgan fingerprint density at radius 1 is 1.36 bits per heavy atom. The van der Waals surface area contributed by atoms with E-state index in [1.54, 1.807) is 11.8 Å². The molecule has 14 heavy (non-hydrogen) atoms. The van der Waals surface area contributed by atoms with Crippen LogP contribution in [0.5, 0.6) is 0 Å². The monoisotopic (exact) mass is 210 g/mol. The van der Waals surface area contributed by atoms with Crippen LogP contribution in [-0.2, 0) is 5.54 Å². The quantitative estimate of drug-likeness (QED) is 0.594. The van der Waals surface area contributed by atoms with Crippen molar-refractivity contribution in [2.75, 3.05) is 19.0 Å². The van der Waals surface area contributed by atoms with Gasteiger partial charge in [0.2, 0.25) is 0 Å². The second-order valence-corrected chi connectivity index (χ2v) is 4.68. The van der Waals surface area contributed by atoms with Crippen LogP contribution in [0.25, 0.3) is 0 Å². The molecule has 0 atom stereocenters. The van der Waals surface area contributed by atoms with Crippen molar-refractivity contribution in [3.05, 3.63) is 23.8 Å². The van der Waals surface area contributed by atoms with Gasteiger partial charge in [-0.1, -0.05) is 6.07 Å². The minimum Gasteiger partial charge on any atom is -0.398 e. The van der Waals surface area contributed by atoms with Crippen LogP contribution in [0.1, 0.15) is 19.4 Å². The maximum atomic E-state index is 5.84. The number of nitrogens with two attached hydrogens (primary N) is 1. The first-order valence-electron chi connectivity index (χ1n) is 4.64. The molecule has 0 aromatic heterocycles. The van der Waals surface area contributed by atoms with Gasteiger partial charge in [0, 0.05) is 16.1 Å². The number of nitrogen functional groups attached to an aromatic ring is 1. The summed E-state index contributed by atoms with van der Waals surface area (Å²) in [7, 11) is 1.97. The average Bonchev–Trinajstić information content (AvgIpc) is 2.18. The Bertz CT molecular complexity index is 321. The van der Waals surface area contributed by atoms with Gasteiger partial charge < -0.3 is 11.1 Å². The van der Waals surface area contributed by atoms with E-state index in [-0.39, 0.29) is 5.54 Å². The van der Waals surface area contributed by atoms with Crippen LogP contribution < -0.4 is 11.1 Å². The fraction of sp³-hybridized carbons (Fsp3) is 0.455. The second kappa shape index (κ2) is 4.24. The maximum absolute atomic E-state index is 5.84. The summed E-state index contributed by atoms with van der Waals surface area (Å²) in [4.78, 5) is 1.14. The van der Waals surface area contributed by atoms with Crippen LogP contribution in [0, 0.1) is 0 Å². The number of hydrogen-bond acceptors (Lipinski definition) is 3. The molecule has 0 spiro atoms. The summed E-state index contributed by atoms with van der Waals surface area (Å²) in [6.45, 7) is 4.31. The molecule has 0 aliphatic heterocycles. The number of benzene rings is 1. The van der Waals surface area contributed by atoms with Crippen molar-refractivity contribution in [3.8, 4) is 0 Å². The molecule has 0 fully saturated rings. The number of rotatable bonds is 3. The van der Waals surface area contributed by atoms with Crippen LogP contribution in [0.2, 0.25) is 0 Å². The van der Waals surface area contributed by atoms with Crippen molar-refractivity contribution in [2.45, 2.75) is 24.3 Å². The number of nitrogens with one attached hydrogen (secondary N) is 1. The third-order valence-corrected chi connectivity index (χ3v) is 3.37. The van der Waals surface area contributed by atoms with Gasteiger partial charge in [-0.25, -0.2) is 0 Å². The highest BCUT2D eigenvalue weighted by Crippen LogP contribution is 2.28. The van der Waals surface area contributed by atoms with Gasteiger partial charge in [0.1, 0.15) is 0 Å². The van der Waals surface area contributed by atoms with Gasteiger partial charge in [-0.3, -0.25) is 0 Å². The Morgan fingerprint density at radius 2 is 2.00 bits per heavy atom. The summed E-state index contributed by atoms with van der Waals surface area (Å²) in [6.07, 6.45) is 2.04. The van der Waals surface area contributed by atoms with Crippen molar-refractivity contribution in [1.82, 2.24) is 5.32 Å². The highest BCUT2D eigenvalue weighted by molar-refractivity contribution is 7.98. The number of thioether (sulfide) groups is 1. The number of anilines is 1. The topological polar surface area (TPSA) is 38.0 Å². The Morgan fingerprint density at radius 3 is 2.50 bits per heavy atom. The predicted octanol–water partition coefficient (Wildman–Crippen LogP) is 2.45. The molecule has 3 N–H and O–H groups in total. The molecule has 0 saturated heterocycles. The Balaban J connectivity index is 3.12. The first-order chi connectivity index (χ1) is 6.51. The third-order valence-electron chi connectivity index (χ3n) is 2.58. The standard InChI is InChI=1S/C11H18N2S/c1-11(2,13-3)8-5-6-9(12)10(7-8)14-4/h5-7,13H,12H2,1-4H3. The number of hydrogen-bond donors (Lipinski definition) is 2. The van der Waals surface area contributed by atoms with Gasteiger partial charge in [-0.2, -0.15) is 0 Å². The van der Waals surface area contributed by atoms with Crippen molar-refractivity contribution >= 4 is 17.4 Å². The molecule has 0 unspecified atom stereocenters. The lowest BCUT2D eigenvalue weighted by Crippen LogP contribution is -2.33. The second-order valence-electron chi connectivity index (χ2n) is 3.83. The fourth-order valence-corrected chi connectivity index (χ4v) is 1.79. The minimum absolute atomic E-state index is 0.00181. The van der Waals surface area contributed by atoms with E-state index < -0.39 is 0 Å². The molecule has 1 aromatic rings. The SMILES string of the molecule is CNC(C)(C)c1ccc(N)c(SC)c1. The van der Waals surface area contributed by atoms with Crippen LogP contribution in [-0.4, -0.2) is 13.3 Å². The summed E-state index contributed by atoms with van der Waals surface area (Å²) >= 11 is 1.68. The van der Waals surface area contributed by atoms with Crippen molar-refractivity contribution in [2.24, 2.45) is 0 Å². The lowest BCUT2D eigenvalue weighted by atomic mass is 9.94. The zero-order valence-corrected chi connectivity index (χ0v) is 10.0. The van der Waals surface area contributed by atoms with E-state index in [9.17, 15) is 0 Å². The molecule has 78 valence electrons. The lowest BCUT2D eigenvalue weighted by molar-refractivity contribution is 0.444. The molecular formula is C11H18N2S. The molecule has 0 saturated carbocycles. The van der Waals surface area contributed by atoms with Crippen molar-refractivity contribution in [1.29, 1.82) is 0 Å². The highest BCUT2D eigenvalue weighted by Gasteiger charge is 2.18. The Kier molecular flexibility index (Phi) is 3.45. The summed E-state index contributed by atoms with van der Waals surface area (Å²) in [5, 5.41) is 3.28. The molecule has 0 radical (unpaired) electrons. The van der Waals surface area contributed by atoms with E-state index in [2.05, 4.69) is 31.3 Å². The summed E-state index contributed by atoms with van der Waals surface area (Å²) < 4.78 is 0. The molecule has 0 aliphatic rings. The van der Waals surface area contributed by atoms with Gasteiger partial charge in [-0.15, -0.1) is 11.8 Å². The molecule has 1 aromatic carbocycles. The summed E-state index contributed by atoms with van der Waals surface area (Å²) in [5.74, 6) is 0. The van der Waals surface area contributed by atoms with Gasteiger partial charge in [0.25, 0.3) is 0 Å². The van der Waals surface area contributed by atoms with Gasteiger partial charge in [-0.05, 0) is 44.8 Å². The van der Waals surface area contributed by atoms with Crippen LogP contribution in [0.4, 0.5) is 5.69 Å². The van der Waals surface area contributed by atoms with E-state index in [0.717, 1.165) is 10.6 Å². The van der Waals surface area contributed by atoms with Gasteiger partial charge in [0.05, 0.1) is 0 Å². The molecule has 2 nitrogen and oxygen atoms in total. The molecule has 0 amide bonds. The van der Waals surface area contributed by atoms with Crippen molar-refractivity contribution < 1.29 is 0 Å². The van der Waals surface area contributed by atoms with E-state index in [0.29, 0.717) is 0 Å². The van der Waals surface area contributed by atoms with Crippen LogP contribution in [0.3, 0.4) is 0 Å². The molecule has 0 aliphatic carbocycles. The average molecular weight is 210 g/mol. The van der Waals surface area contributed by atoms with E-state index in [1.165, 1.54) is 5.56 Å². The van der Waals surface area contributed by atoms with Gasteiger partial charge >= 0.3 is 0 Å². The smallest absolute Gasteiger partial charge is 0.0452 e. The minimum atomic E-state index is -0.00181. The zero-order valence-electron chi connectivity index (χ0n) is 9.22. The Hall–Kier alpha value is -0.670. The summed E-state index contributed by atoms with van der Waals surface area (Å²) in [5.41, 5.74) is 7.96. The van der Waals surface area contributed by atoms with Crippen molar-refractivity contribution in [3.63, 3.8) is 0 Å². The first kappa shape index (κ1) is 11.4. The predicted molar refractivity (Wildman–Crippen MR) is 64.7 cm³/mol. The molecular weight excluding hydrogens is 192 g/mol. The maximum Gasteiger partial charge on any atom is 0.0452 e. The molecule has 0 heterocycles. The van der Waals surface area contributed by atoms with E-state index in [4.69, 9.17) is 5.73 Å². The molecule has 1 rings (SSSR count). The first-order valence-corrected chi connectivity index (χ1v) is 5.86. The third kappa shape index (κ3) is 2.22. The van der Waals surface area contributed by atoms with Gasteiger partial charge in [0.15, 0.2) is 0 Å². The van der Waals surface area contributed by atoms with E-state index in [1.807, 2.05) is 19.4 Å². The lowest BCUT2D eigenvalue weighted by Gasteiger charge is -2.25. The Labute approximate surface area is 90.3 Å². The molecule has 0 bridgehead atoms. The zero-order chi connectivity index (χ0) is 10.8. The van der Waals surface area contributed by atoms with Crippen LogP contribution >= 0.6 is 11.8 Å².